The van der Waals surface area contributed by atoms with Crippen LogP contribution >= 0.6 is 15.9 Å². The van der Waals surface area contributed by atoms with E-state index < -0.39 is 5.60 Å². The lowest BCUT2D eigenvalue weighted by molar-refractivity contribution is 0.0221. The summed E-state index contributed by atoms with van der Waals surface area (Å²) >= 11 is 3.59. The molecule has 0 amide bonds. The number of hydrogen-bond acceptors (Lipinski definition) is 2. The number of ether oxygens (including phenoxy) is 1. The van der Waals surface area contributed by atoms with Crippen molar-refractivity contribution in [1.29, 1.82) is 0 Å². The molecule has 0 radical (unpaired) electrons. The Morgan fingerprint density at radius 2 is 2.00 bits per heavy atom. The molecule has 1 unspecified atom stereocenters. The second-order valence-electron chi connectivity index (χ2n) is 7.57. The van der Waals surface area contributed by atoms with Gasteiger partial charge in [0, 0.05) is 17.3 Å². The van der Waals surface area contributed by atoms with Gasteiger partial charge >= 0.3 is 0 Å². The lowest BCUT2D eigenvalue weighted by Gasteiger charge is -2.28. The molecule has 0 bridgehead atoms. The Morgan fingerprint density at radius 3 is 2.81 bits per heavy atom. The van der Waals surface area contributed by atoms with Crippen LogP contribution in [0.3, 0.4) is 0 Å². The lowest BCUT2D eigenvalue weighted by Crippen LogP contribution is -2.31. The minimum absolute atomic E-state index is 0.361. The number of fused-ring (bicyclic) bond motifs is 1. The van der Waals surface area contributed by atoms with E-state index in [0.717, 1.165) is 48.9 Å². The summed E-state index contributed by atoms with van der Waals surface area (Å²) in [6.07, 6.45) is 6.90. The summed E-state index contributed by atoms with van der Waals surface area (Å²) in [5, 5.41) is 11.1. The van der Waals surface area contributed by atoms with Crippen molar-refractivity contribution in [3.05, 3.63) is 27.7 Å². The molecule has 21 heavy (non-hydrogen) atoms. The molecule has 1 heterocycles. The molecule has 2 aliphatic rings. The predicted octanol–water partition coefficient (Wildman–Crippen LogP) is 4.65. The lowest BCUT2D eigenvalue weighted by atomic mass is 9.82. The first-order valence-corrected chi connectivity index (χ1v) is 8.83. The van der Waals surface area contributed by atoms with E-state index in [-0.39, 0.29) is 0 Å². The van der Waals surface area contributed by atoms with E-state index in [0.29, 0.717) is 11.8 Å². The molecule has 1 aliphatic heterocycles. The summed E-state index contributed by atoms with van der Waals surface area (Å²) in [6, 6.07) is 4.27. The minimum Gasteiger partial charge on any atom is -0.493 e. The number of halogens is 1. The molecule has 1 saturated carbocycles. The highest BCUT2D eigenvalue weighted by molar-refractivity contribution is 9.10. The van der Waals surface area contributed by atoms with Gasteiger partial charge in [-0.05, 0) is 54.4 Å². The standard InChI is InChI=1S/C18H25BrO2/c1-17(2)5-3-6-18(20,8-7-17)12-14-11-15(19)10-13-4-9-21-16(13)14/h10-11,20H,3-9,12H2,1-2H3. The van der Waals surface area contributed by atoms with E-state index in [4.69, 9.17) is 4.74 Å². The van der Waals surface area contributed by atoms with Crippen LogP contribution in [-0.2, 0) is 12.8 Å². The van der Waals surface area contributed by atoms with Crippen LogP contribution < -0.4 is 4.74 Å². The van der Waals surface area contributed by atoms with Crippen molar-refractivity contribution in [2.24, 2.45) is 5.41 Å². The van der Waals surface area contributed by atoms with Crippen LogP contribution in [0.1, 0.15) is 57.1 Å². The van der Waals surface area contributed by atoms with Crippen LogP contribution in [0.15, 0.2) is 16.6 Å². The molecule has 1 aromatic rings. The largest absolute Gasteiger partial charge is 0.493 e. The van der Waals surface area contributed by atoms with Crippen LogP contribution in [0.5, 0.6) is 5.75 Å². The van der Waals surface area contributed by atoms with Crippen LogP contribution in [-0.4, -0.2) is 17.3 Å². The van der Waals surface area contributed by atoms with Gasteiger partial charge in [0.2, 0.25) is 0 Å². The molecule has 1 fully saturated rings. The zero-order valence-electron chi connectivity index (χ0n) is 13.0. The highest BCUT2D eigenvalue weighted by Crippen LogP contribution is 2.42. The third-order valence-corrected chi connectivity index (χ3v) is 5.57. The van der Waals surface area contributed by atoms with Crippen LogP contribution in [0.25, 0.3) is 0 Å². The monoisotopic (exact) mass is 352 g/mol. The van der Waals surface area contributed by atoms with Crippen molar-refractivity contribution in [1.82, 2.24) is 0 Å². The second kappa shape index (κ2) is 5.58. The summed E-state index contributed by atoms with van der Waals surface area (Å²) in [5.74, 6) is 1.02. The average molecular weight is 353 g/mol. The van der Waals surface area contributed by atoms with Gasteiger partial charge in [0.15, 0.2) is 0 Å². The fourth-order valence-corrected chi connectivity index (χ4v) is 4.28. The molecule has 0 aromatic heterocycles. The molecule has 1 atom stereocenters. The quantitative estimate of drug-likeness (QED) is 0.785. The van der Waals surface area contributed by atoms with Gasteiger partial charge in [-0.3, -0.25) is 0 Å². The molecule has 1 N–H and O–H groups in total. The summed E-state index contributed by atoms with van der Waals surface area (Å²) < 4.78 is 6.91. The smallest absolute Gasteiger partial charge is 0.125 e. The van der Waals surface area contributed by atoms with Gasteiger partial charge < -0.3 is 9.84 Å². The summed E-state index contributed by atoms with van der Waals surface area (Å²) in [5.41, 5.74) is 2.23. The van der Waals surface area contributed by atoms with Gasteiger partial charge in [-0.25, -0.2) is 0 Å². The second-order valence-corrected chi connectivity index (χ2v) is 8.49. The maximum atomic E-state index is 11.1. The van der Waals surface area contributed by atoms with E-state index in [1.54, 1.807) is 0 Å². The van der Waals surface area contributed by atoms with E-state index in [9.17, 15) is 5.11 Å². The van der Waals surface area contributed by atoms with E-state index in [2.05, 4.69) is 41.9 Å². The zero-order chi connectivity index (χ0) is 15.1. The normalized spacial score (nSPS) is 27.8. The molecular formula is C18H25BrO2. The van der Waals surface area contributed by atoms with Crippen molar-refractivity contribution in [3.63, 3.8) is 0 Å². The molecule has 0 saturated heterocycles. The number of aliphatic hydroxyl groups is 1. The van der Waals surface area contributed by atoms with Crippen molar-refractivity contribution in [2.75, 3.05) is 6.61 Å². The molecule has 2 nitrogen and oxygen atoms in total. The molecule has 1 aliphatic carbocycles. The first-order chi connectivity index (χ1) is 9.87. The number of hydrogen-bond donors (Lipinski definition) is 1. The Hall–Kier alpha value is -0.540. The predicted molar refractivity (Wildman–Crippen MR) is 88.9 cm³/mol. The molecule has 3 rings (SSSR count). The fourth-order valence-electron chi connectivity index (χ4n) is 3.73. The molecular weight excluding hydrogens is 328 g/mol. The maximum absolute atomic E-state index is 11.1. The number of rotatable bonds is 2. The van der Waals surface area contributed by atoms with Gasteiger partial charge in [-0.1, -0.05) is 36.2 Å². The van der Waals surface area contributed by atoms with Crippen molar-refractivity contribution in [2.45, 2.75) is 64.4 Å². The van der Waals surface area contributed by atoms with E-state index in [1.807, 2.05) is 0 Å². The highest BCUT2D eigenvalue weighted by atomic mass is 79.9. The molecule has 0 spiro atoms. The van der Waals surface area contributed by atoms with Gasteiger partial charge in [-0.15, -0.1) is 0 Å². The average Bonchev–Trinajstić information content (AvgIpc) is 2.79. The Morgan fingerprint density at radius 1 is 1.19 bits per heavy atom. The third kappa shape index (κ3) is 3.45. The third-order valence-electron chi connectivity index (χ3n) is 5.11. The first-order valence-electron chi connectivity index (χ1n) is 8.03. The van der Waals surface area contributed by atoms with Crippen LogP contribution in [0, 0.1) is 5.41 Å². The summed E-state index contributed by atoms with van der Waals surface area (Å²) in [7, 11) is 0. The van der Waals surface area contributed by atoms with Crippen molar-refractivity contribution >= 4 is 15.9 Å². The summed E-state index contributed by atoms with van der Waals surface area (Å²) in [6.45, 7) is 5.40. The van der Waals surface area contributed by atoms with Gasteiger partial charge in [-0.2, -0.15) is 0 Å². The van der Waals surface area contributed by atoms with Gasteiger partial charge in [0.25, 0.3) is 0 Å². The van der Waals surface area contributed by atoms with Gasteiger partial charge in [0.05, 0.1) is 12.2 Å². The summed E-state index contributed by atoms with van der Waals surface area (Å²) in [4.78, 5) is 0. The Kier molecular flexibility index (Phi) is 4.08. The Bertz CT molecular complexity index is 538. The maximum Gasteiger partial charge on any atom is 0.125 e. The molecule has 3 heteroatoms. The van der Waals surface area contributed by atoms with Gasteiger partial charge in [0.1, 0.15) is 5.75 Å². The fraction of sp³-hybridized carbons (Fsp3) is 0.667. The highest BCUT2D eigenvalue weighted by Gasteiger charge is 2.35. The topological polar surface area (TPSA) is 29.5 Å². The Labute approximate surface area is 136 Å². The molecule has 1 aromatic carbocycles. The zero-order valence-corrected chi connectivity index (χ0v) is 14.6. The van der Waals surface area contributed by atoms with Crippen molar-refractivity contribution < 1.29 is 9.84 Å². The SMILES string of the molecule is CC1(C)CCCC(O)(Cc2cc(Br)cc3c2OCC3)CC1. The van der Waals surface area contributed by atoms with E-state index >= 15 is 0 Å². The van der Waals surface area contributed by atoms with Crippen LogP contribution in [0.4, 0.5) is 0 Å². The van der Waals surface area contributed by atoms with Crippen LogP contribution in [0.2, 0.25) is 0 Å². The first kappa shape index (κ1) is 15.4. The minimum atomic E-state index is -0.575. The van der Waals surface area contributed by atoms with E-state index in [1.165, 1.54) is 17.5 Å². The Balaban J connectivity index is 1.83. The molecule has 116 valence electrons. The van der Waals surface area contributed by atoms with Crippen molar-refractivity contribution in [3.8, 4) is 5.75 Å². The number of benzene rings is 1.